The Hall–Kier alpha value is -4.71. The Labute approximate surface area is 234 Å². The summed E-state index contributed by atoms with van der Waals surface area (Å²) in [6.07, 6.45) is 6.44. The lowest BCUT2D eigenvalue weighted by atomic mass is 10.1. The molecule has 1 heterocycles. The zero-order valence-corrected chi connectivity index (χ0v) is 22.8. The van der Waals surface area contributed by atoms with Crippen molar-refractivity contribution in [2.24, 2.45) is 0 Å². The summed E-state index contributed by atoms with van der Waals surface area (Å²) in [5.41, 5.74) is 5.49. The minimum atomic E-state index is -0.771. The summed E-state index contributed by atoms with van der Waals surface area (Å²) in [7, 11) is 3.21. The fourth-order valence-corrected chi connectivity index (χ4v) is 5.00. The molecule has 6 heteroatoms. The van der Waals surface area contributed by atoms with Gasteiger partial charge in [0.2, 0.25) is 5.75 Å². The second-order valence-corrected chi connectivity index (χ2v) is 9.60. The van der Waals surface area contributed by atoms with Crippen molar-refractivity contribution in [3.05, 3.63) is 96.1 Å². The Balaban J connectivity index is 1.33. The first kappa shape index (κ1) is 26.9. The van der Waals surface area contributed by atoms with E-state index in [9.17, 15) is 4.79 Å². The van der Waals surface area contributed by atoms with Crippen molar-refractivity contribution in [1.29, 1.82) is 0 Å². The van der Waals surface area contributed by atoms with Gasteiger partial charge in [0.15, 0.2) is 11.5 Å². The van der Waals surface area contributed by atoms with Gasteiger partial charge in [-0.3, -0.25) is 4.79 Å². The number of hydrogen-bond donors (Lipinski definition) is 1. The van der Waals surface area contributed by atoms with E-state index in [4.69, 9.17) is 19.3 Å². The Morgan fingerprint density at radius 1 is 0.750 bits per heavy atom. The summed E-state index contributed by atoms with van der Waals surface area (Å²) < 4.78 is 19.5. The van der Waals surface area contributed by atoms with Gasteiger partial charge >= 0.3 is 5.97 Å². The molecule has 0 aliphatic carbocycles. The van der Waals surface area contributed by atoms with E-state index < -0.39 is 5.97 Å². The van der Waals surface area contributed by atoms with Crippen LogP contribution >= 0.6 is 0 Å². The van der Waals surface area contributed by atoms with Crippen LogP contribution in [0.15, 0.2) is 84.9 Å². The molecule has 0 atom stereocenters. The van der Waals surface area contributed by atoms with Crippen LogP contribution in [0.1, 0.15) is 36.8 Å². The Kier molecular flexibility index (Phi) is 8.35. The van der Waals surface area contributed by atoms with Crippen LogP contribution in [0.4, 0.5) is 0 Å². The molecular weight excluding hydrogens is 502 g/mol. The number of benzene rings is 4. The maximum atomic E-state index is 10.7. The van der Waals surface area contributed by atoms with Crippen LogP contribution in [0.2, 0.25) is 0 Å². The third-order valence-corrected chi connectivity index (χ3v) is 6.96. The highest BCUT2D eigenvalue weighted by atomic mass is 16.5. The summed E-state index contributed by atoms with van der Waals surface area (Å²) in [5, 5.41) is 11.3. The van der Waals surface area contributed by atoms with Gasteiger partial charge in [-0.05, 0) is 66.8 Å². The van der Waals surface area contributed by atoms with E-state index in [2.05, 4.69) is 83.4 Å². The van der Waals surface area contributed by atoms with Crippen molar-refractivity contribution in [3.8, 4) is 22.9 Å². The number of hydrogen-bond acceptors (Lipinski definition) is 4. The van der Waals surface area contributed by atoms with E-state index in [0.717, 1.165) is 29.7 Å². The van der Waals surface area contributed by atoms with Gasteiger partial charge in [0.1, 0.15) is 0 Å². The van der Waals surface area contributed by atoms with Crippen molar-refractivity contribution in [3.63, 3.8) is 0 Å². The number of methoxy groups -OCH3 is 2. The van der Waals surface area contributed by atoms with Gasteiger partial charge in [-0.1, -0.05) is 60.7 Å². The number of carboxylic acid groups (broad SMARTS) is 1. The van der Waals surface area contributed by atoms with Crippen molar-refractivity contribution in [1.82, 2.24) is 4.57 Å². The van der Waals surface area contributed by atoms with Crippen LogP contribution in [-0.4, -0.2) is 36.5 Å². The highest BCUT2D eigenvalue weighted by molar-refractivity contribution is 6.09. The van der Waals surface area contributed by atoms with E-state index in [-0.39, 0.29) is 6.42 Å². The van der Waals surface area contributed by atoms with Crippen LogP contribution in [-0.2, 0) is 4.79 Å². The van der Waals surface area contributed by atoms with Crippen LogP contribution in [0.3, 0.4) is 0 Å². The second kappa shape index (κ2) is 12.4. The van der Waals surface area contributed by atoms with E-state index >= 15 is 0 Å². The summed E-state index contributed by atoms with van der Waals surface area (Å²) in [6.45, 7) is 0.458. The molecule has 0 aliphatic rings. The summed E-state index contributed by atoms with van der Waals surface area (Å²) in [5.74, 6) is 0.959. The molecule has 0 spiro atoms. The predicted molar refractivity (Wildman–Crippen MR) is 161 cm³/mol. The summed E-state index contributed by atoms with van der Waals surface area (Å²) in [6, 6.07) is 29.4. The molecule has 204 valence electrons. The monoisotopic (exact) mass is 535 g/mol. The third kappa shape index (κ3) is 5.81. The topological polar surface area (TPSA) is 69.9 Å². The quantitative estimate of drug-likeness (QED) is 0.129. The van der Waals surface area contributed by atoms with Crippen molar-refractivity contribution in [2.45, 2.75) is 25.7 Å². The molecule has 6 nitrogen and oxygen atoms in total. The third-order valence-electron chi connectivity index (χ3n) is 6.96. The average Bonchev–Trinajstić information content (AvgIpc) is 3.32. The standard InChI is InChI=1S/C34H33NO5/c1-38-31-22-25(23-32(39-2)34(31)40-21-9-3-4-14-33(36)37)16-15-24-17-19-26(20-18-24)35-29-12-7-5-10-27(29)28-11-6-8-13-30(28)35/h5-8,10-13,15-20,22-23H,3-4,9,14,21H2,1-2H3,(H,36,37). The number of ether oxygens (including phenoxy) is 3. The predicted octanol–water partition coefficient (Wildman–Crippen LogP) is 8.00. The Morgan fingerprint density at radius 2 is 1.32 bits per heavy atom. The number of aromatic nitrogens is 1. The minimum Gasteiger partial charge on any atom is -0.493 e. The van der Waals surface area contributed by atoms with E-state index in [1.807, 2.05) is 18.2 Å². The molecule has 0 amide bonds. The van der Waals surface area contributed by atoms with Crippen LogP contribution in [0.25, 0.3) is 39.6 Å². The summed E-state index contributed by atoms with van der Waals surface area (Å²) in [4.78, 5) is 10.7. The van der Waals surface area contributed by atoms with E-state index in [1.165, 1.54) is 21.8 Å². The van der Waals surface area contributed by atoms with Crippen molar-refractivity contribution in [2.75, 3.05) is 20.8 Å². The highest BCUT2D eigenvalue weighted by Gasteiger charge is 2.14. The Morgan fingerprint density at radius 3 is 1.90 bits per heavy atom. The molecule has 0 fully saturated rings. The molecule has 0 aliphatic heterocycles. The molecule has 4 aromatic carbocycles. The minimum absolute atomic E-state index is 0.177. The number of carbonyl (C=O) groups is 1. The van der Waals surface area contributed by atoms with Crippen molar-refractivity contribution < 1.29 is 24.1 Å². The summed E-state index contributed by atoms with van der Waals surface area (Å²) >= 11 is 0. The largest absolute Gasteiger partial charge is 0.493 e. The smallest absolute Gasteiger partial charge is 0.303 e. The van der Waals surface area contributed by atoms with E-state index in [1.54, 1.807) is 14.2 Å². The molecule has 5 rings (SSSR count). The molecule has 0 radical (unpaired) electrons. The number of unbranched alkanes of at least 4 members (excludes halogenated alkanes) is 2. The van der Waals surface area contributed by atoms with Gasteiger partial charge < -0.3 is 23.9 Å². The number of nitrogens with zero attached hydrogens (tertiary/aromatic N) is 1. The number of aliphatic carboxylic acids is 1. The normalized spacial score (nSPS) is 11.3. The highest BCUT2D eigenvalue weighted by Crippen LogP contribution is 2.39. The molecule has 40 heavy (non-hydrogen) atoms. The number of rotatable bonds is 12. The SMILES string of the molecule is COc1cc(C=Cc2ccc(-n3c4ccccc4c4ccccc43)cc2)cc(OC)c1OCCCCCC(=O)O. The molecule has 0 saturated carbocycles. The fraction of sp³-hybridized carbons (Fsp3) is 0.206. The molecule has 0 bridgehead atoms. The average molecular weight is 536 g/mol. The number of para-hydroxylation sites is 2. The van der Waals surface area contributed by atoms with E-state index in [0.29, 0.717) is 30.3 Å². The lowest BCUT2D eigenvalue weighted by molar-refractivity contribution is -0.137. The first-order chi connectivity index (χ1) is 19.6. The molecular formula is C34H33NO5. The number of carboxylic acids is 1. The van der Waals surface area contributed by atoms with Gasteiger partial charge in [0, 0.05) is 22.9 Å². The van der Waals surface area contributed by atoms with Gasteiger partial charge in [-0.2, -0.15) is 0 Å². The lowest BCUT2D eigenvalue weighted by Crippen LogP contribution is -2.02. The van der Waals surface area contributed by atoms with Gasteiger partial charge in [0.25, 0.3) is 0 Å². The van der Waals surface area contributed by atoms with Crippen LogP contribution in [0.5, 0.6) is 17.2 Å². The van der Waals surface area contributed by atoms with Gasteiger partial charge in [-0.25, -0.2) is 0 Å². The van der Waals surface area contributed by atoms with Crippen molar-refractivity contribution >= 4 is 39.9 Å². The van der Waals surface area contributed by atoms with Gasteiger partial charge in [-0.15, -0.1) is 0 Å². The van der Waals surface area contributed by atoms with Gasteiger partial charge in [0.05, 0.1) is 31.9 Å². The molecule has 1 N–H and O–H groups in total. The molecule has 5 aromatic rings. The zero-order chi connectivity index (χ0) is 27.9. The van der Waals surface area contributed by atoms with Crippen LogP contribution < -0.4 is 14.2 Å². The molecule has 0 saturated heterocycles. The molecule has 0 unspecified atom stereocenters. The maximum Gasteiger partial charge on any atom is 0.303 e. The Bertz CT molecular complexity index is 1570. The fourth-order valence-electron chi connectivity index (χ4n) is 5.00. The van der Waals surface area contributed by atoms with Crippen LogP contribution in [0, 0.1) is 0 Å². The zero-order valence-electron chi connectivity index (χ0n) is 22.8. The maximum absolute atomic E-state index is 10.7. The first-order valence-corrected chi connectivity index (χ1v) is 13.5. The second-order valence-electron chi connectivity index (χ2n) is 9.60. The first-order valence-electron chi connectivity index (χ1n) is 13.5. The number of fused-ring (bicyclic) bond motifs is 3. The molecule has 1 aromatic heterocycles. The lowest BCUT2D eigenvalue weighted by Gasteiger charge is -2.15.